The van der Waals surface area contributed by atoms with Gasteiger partial charge in [-0.2, -0.15) is 0 Å². The van der Waals surface area contributed by atoms with Crippen molar-refractivity contribution in [3.8, 4) is 0 Å². The van der Waals surface area contributed by atoms with Gasteiger partial charge in [0, 0.05) is 13.1 Å². The van der Waals surface area contributed by atoms with Gasteiger partial charge in [-0.15, -0.1) is 4.52 Å². The molecule has 1 aliphatic rings. The highest BCUT2D eigenvalue weighted by atomic mass is 31.1. The fourth-order valence-electron chi connectivity index (χ4n) is 1.59. The lowest BCUT2D eigenvalue weighted by atomic mass is 9.93. The average molecular weight is 264 g/mol. The second kappa shape index (κ2) is 7.38. The van der Waals surface area contributed by atoms with Crippen LogP contribution in [0.3, 0.4) is 0 Å². The lowest BCUT2D eigenvalue weighted by molar-refractivity contribution is -0.194. The molecule has 1 fully saturated rings. The van der Waals surface area contributed by atoms with E-state index in [1.807, 2.05) is 0 Å². The van der Waals surface area contributed by atoms with E-state index in [2.05, 4.69) is 4.52 Å². The fraction of sp³-hybridized carbons (Fsp3) is 1.00. The van der Waals surface area contributed by atoms with Crippen LogP contribution >= 0.6 is 8.25 Å². The van der Waals surface area contributed by atoms with Crippen molar-refractivity contribution in [2.45, 2.75) is 24.3 Å². The molecule has 96 valence electrons. The summed E-state index contributed by atoms with van der Waals surface area (Å²) in [5, 5.41) is 9.02. The molecule has 1 saturated heterocycles. The second-order valence-electron chi connectivity index (χ2n) is 3.44. The molecule has 5 unspecified atom stereocenters. The molecule has 2 radical (unpaired) electrons. The summed E-state index contributed by atoms with van der Waals surface area (Å²) in [5.41, 5.74) is 0. The van der Waals surface area contributed by atoms with Gasteiger partial charge >= 0.3 is 8.25 Å². The third-order valence-corrected chi connectivity index (χ3v) is 2.75. The van der Waals surface area contributed by atoms with Gasteiger partial charge < -0.3 is 24.2 Å². The van der Waals surface area contributed by atoms with Crippen LogP contribution in [0.25, 0.3) is 0 Å². The van der Waals surface area contributed by atoms with Crippen LogP contribution in [0.15, 0.2) is 0 Å². The smallest absolute Gasteiger partial charge is 0.488 e. The van der Waals surface area contributed by atoms with Crippen LogP contribution in [-0.4, -0.2) is 64.2 Å². The number of aliphatic hydroxyl groups is 1. The van der Waals surface area contributed by atoms with Crippen molar-refractivity contribution in [1.82, 2.24) is 0 Å². The number of aliphatic hydroxyl groups excluding tert-OH is 1. The maximum Gasteiger partial charge on any atom is 0.488 e. The van der Waals surface area contributed by atoms with Crippen molar-refractivity contribution in [2.24, 2.45) is 0 Å². The quantitative estimate of drug-likeness (QED) is 0.332. The first kappa shape index (κ1) is 15.0. The Bertz CT molecular complexity index is 254. The molecule has 0 saturated carbocycles. The third-order valence-electron chi connectivity index (χ3n) is 2.33. The number of methoxy groups -OCH3 is 1. The number of ether oxygens (including phenoxy) is 3. The Balaban J connectivity index is 2.58. The van der Waals surface area contributed by atoms with E-state index in [1.54, 1.807) is 0 Å². The molecule has 7 nitrogen and oxygen atoms in total. The van der Waals surface area contributed by atoms with Gasteiger partial charge in [0.25, 0.3) is 0 Å². The molecule has 0 aromatic rings. The summed E-state index contributed by atoms with van der Waals surface area (Å²) in [6.45, 7) is 0.167. The van der Waals surface area contributed by atoms with Crippen molar-refractivity contribution in [2.75, 3.05) is 26.9 Å². The monoisotopic (exact) mass is 264 g/mol. The molecule has 0 aliphatic carbocycles. The molecule has 0 aromatic heterocycles. The summed E-state index contributed by atoms with van der Waals surface area (Å²) < 4.78 is 30.5. The minimum atomic E-state index is -3.07. The minimum Gasteiger partial charge on any atom is -0.566 e. The van der Waals surface area contributed by atoms with Crippen LogP contribution in [0.5, 0.6) is 0 Å². The number of hydrogen-bond donors (Lipinski definition) is 1. The maximum absolute atomic E-state index is 10.6. The third kappa shape index (κ3) is 4.26. The summed E-state index contributed by atoms with van der Waals surface area (Å²) in [6.07, 6.45) is -2.51. The Hall–Kier alpha value is -0.0751. The molecule has 0 aromatic carbocycles. The minimum absolute atomic E-state index is 0.228. The molecule has 1 rings (SSSR count). The molecule has 5 atom stereocenters. The van der Waals surface area contributed by atoms with E-state index in [-0.39, 0.29) is 6.61 Å². The van der Waals surface area contributed by atoms with Crippen LogP contribution in [0.1, 0.15) is 0 Å². The Kier molecular flexibility index (Phi) is 6.50. The normalized spacial score (nSPS) is 33.9. The van der Waals surface area contributed by atoms with Crippen LogP contribution in [-0.2, 0) is 23.3 Å². The van der Waals surface area contributed by atoms with E-state index >= 15 is 0 Å². The van der Waals surface area contributed by atoms with Crippen molar-refractivity contribution in [3.05, 3.63) is 0 Å². The molecule has 0 spiro atoms. The van der Waals surface area contributed by atoms with Crippen LogP contribution in [0, 0.1) is 0 Å². The van der Waals surface area contributed by atoms with E-state index in [1.165, 1.54) is 7.11 Å². The Morgan fingerprint density at radius 2 is 2.18 bits per heavy atom. The summed E-state index contributed by atoms with van der Waals surface area (Å²) >= 11 is 0. The van der Waals surface area contributed by atoms with Gasteiger partial charge in [0.2, 0.25) is 0 Å². The molecule has 9 heteroatoms. The SMILES string of the molecule is [B]C1OC(CO)C(O[P+](=O)[O-])C1OCCOC. The summed E-state index contributed by atoms with van der Waals surface area (Å²) in [4.78, 5) is 10.6. The van der Waals surface area contributed by atoms with Gasteiger partial charge in [0.1, 0.15) is 20.1 Å². The van der Waals surface area contributed by atoms with E-state index in [9.17, 15) is 9.46 Å². The molecule has 1 aliphatic heterocycles. The molecule has 17 heavy (non-hydrogen) atoms. The van der Waals surface area contributed by atoms with Gasteiger partial charge in [-0.1, -0.05) is 0 Å². The lowest BCUT2D eigenvalue weighted by Gasteiger charge is -2.19. The molecular formula is C8H14BO7P. The average Bonchev–Trinajstić information content (AvgIpc) is 2.56. The predicted octanol–water partition coefficient (Wildman–Crippen LogP) is -1.69. The number of rotatable bonds is 7. The number of hydrogen-bond acceptors (Lipinski definition) is 7. The molecular weight excluding hydrogens is 250 g/mol. The highest BCUT2D eigenvalue weighted by molar-refractivity contribution is 7.30. The molecule has 0 amide bonds. The van der Waals surface area contributed by atoms with Gasteiger partial charge in [0.05, 0.1) is 19.8 Å². The van der Waals surface area contributed by atoms with E-state index < -0.39 is 39.2 Å². The standard InChI is InChI=1S/C8H14BO7P/c1-13-2-3-14-7-6(16-17(11)12)5(4-10)15-8(7)9/h5-8,10H,2-4H2,1H3. The topological polar surface area (TPSA) is 97.3 Å². The maximum atomic E-state index is 10.6. The zero-order valence-electron chi connectivity index (χ0n) is 9.35. The Labute approximate surface area is 101 Å². The first-order valence-electron chi connectivity index (χ1n) is 5.03. The highest BCUT2D eigenvalue weighted by Gasteiger charge is 2.46. The van der Waals surface area contributed by atoms with Gasteiger partial charge in [-0.3, -0.25) is 0 Å². The molecule has 1 N–H and O–H groups in total. The van der Waals surface area contributed by atoms with Gasteiger partial charge in [0.15, 0.2) is 6.10 Å². The van der Waals surface area contributed by atoms with Gasteiger partial charge in [-0.05, 0) is 4.57 Å². The van der Waals surface area contributed by atoms with E-state index in [0.29, 0.717) is 6.61 Å². The summed E-state index contributed by atoms with van der Waals surface area (Å²) in [7, 11) is 4.06. The van der Waals surface area contributed by atoms with Crippen LogP contribution in [0.4, 0.5) is 0 Å². The molecule has 1 heterocycles. The fourth-order valence-corrected chi connectivity index (χ4v) is 2.04. The first-order chi connectivity index (χ1) is 8.10. The zero-order chi connectivity index (χ0) is 12.8. The highest BCUT2D eigenvalue weighted by Crippen LogP contribution is 2.29. The second-order valence-corrected chi connectivity index (χ2v) is 4.10. The molecule has 0 bridgehead atoms. The van der Waals surface area contributed by atoms with E-state index in [0.717, 1.165) is 0 Å². The lowest BCUT2D eigenvalue weighted by Crippen LogP contribution is -2.38. The first-order valence-corrected chi connectivity index (χ1v) is 6.13. The summed E-state index contributed by atoms with van der Waals surface area (Å²) in [6, 6.07) is -0.844. The predicted molar refractivity (Wildman–Crippen MR) is 55.6 cm³/mol. The van der Waals surface area contributed by atoms with Crippen LogP contribution in [0.2, 0.25) is 0 Å². The van der Waals surface area contributed by atoms with Crippen molar-refractivity contribution in [1.29, 1.82) is 0 Å². The van der Waals surface area contributed by atoms with E-state index in [4.69, 9.17) is 27.2 Å². The van der Waals surface area contributed by atoms with Gasteiger partial charge in [-0.25, -0.2) is 0 Å². The zero-order valence-corrected chi connectivity index (χ0v) is 10.2. The Morgan fingerprint density at radius 3 is 2.71 bits per heavy atom. The summed E-state index contributed by atoms with van der Waals surface area (Å²) in [5.74, 6) is 0. The van der Waals surface area contributed by atoms with Crippen molar-refractivity contribution >= 4 is 16.1 Å². The van der Waals surface area contributed by atoms with Crippen molar-refractivity contribution < 1.29 is 33.3 Å². The van der Waals surface area contributed by atoms with Crippen LogP contribution < -0.4 is 4.89 Å². The van der Waals surface area contributed by atoms with Crippen molar-refractivity contribution in [3.63, 3.8) is 0 Å². The Morgan fingerprint density at radius 1 is 1.47 bits per heavy atom. The largest absolute Gasteiger partial charge is 0.566 e.